The van der Waals surface area contributed by atoms with Crippen LogP contribution in [-0.4, -0.2) is 46.0 Å². The van der Waals surface area contributed by atoms with E-state index in [4.69, 9.17) is 4.74 Å². The molecule has 1 saturated heterocycles. The smallest absolute Gasteiger partial charge is 0.310 e. The maximum absolute atomic E-state index is 13.3. The summed E-state index contributed by atoms with van der Waals surface area (Å²) >= 11 is 1.33. The number of halogens is 1. The number of hydrogen-bond donors (Lipinski definition) is 0. The number of benzene rings is 1. The highest BCUT2D eigenvalue weighted by Crippen LogP contribution is 2.30. The number of aromatic nitrogens is 2. The van der Waals surface area contributed by atoms with Crippen LogP contribution in [0.25, 0.3) is 21.3 Å². The second-order valence-electron chi connectivity index (χ2n) is 7.45. The Hall–Kier alpha value is -3.07. The molecule has 2 aromatic heterocycles. The molecule has 0 radical (unpaired) electrons. The summed E-state index contributed by atoms with van der Waals surface area (Å²) in [6.07, 6.45) is 2.77. The van der Waals surface area contributed by atoms with Crippen molar-refractivity contribution >= 4 is 33.4 Å². The molecule has 3 aromatic rings. The lowest BCUT2D eigenvalue weighted by atomic mass is 9.98. The van der Waals surface area contributed by atoms with Crippen LogP contribution in [0.1, 0.15) is 19.8 Å². The number of likely N-dealkylation sites (tertiary alicyclic amines) is 1. The normalized spacial score (nSPS) is 16.5. The number of hydrogen-bond acceptors (Lipinski definition) is 6. The van der Waals surface area contributed by atoms with E-state index in [1.807, 2.05) is 5.38 Å². The lowest BCUT2D eigenvalue weighted by Crippen LogP contribution is -2.45. The van der Waals surface area contributed by atoms with Gasteiger partial charge in [0, 0.05) is 24.0 Å². The third-order valence-electron chi connectivity index (χ3n) is 5.42. The Morgan fingerprint density at radius 2 is 2.06 bits per heavy atom. The first-order valence-corrected chi connectivity index (χ1v) is 11.0. The van der Waals surface area contributed by atoms with Crippen LogP contribution in [0.15, 0.2) is 40.8 Å². The predicted molar refractivity (Wildman–Crippen MR) is 115 cm³/mol. The fourth-order valence-electron chi connectivity index (χ4n) is 3.82. The number of carbonyl (C=O) groups is 2. The largest absolute Gasteiger partial charge is 0.466 e. The van der Waals surface area contributed by atoms with Crippen molar-refractivity contribution in [3.05, 3.63) is 52.1 Å². The molecule has 1 aromatic carbocycles. The highest BCUT2D eigenvalue weighted by molar-refractivity contribution is 7.17. The standard InChI is InChI=1S/C22H22FN3O4S/c1-2-30-22(29)15-4-3-9-25(10-15)18(27)11-26-13-24-20-19(21(26)28)17(12-31-20)14-5-7-16(23)8-6-14/h5-8,12-13,15H,2-4,9-11H2,1H3. The van der Waals surface area contributed by atoms with Crippen molar-refractivity contribution in [2.75, 3.05) is 19.7 Å². The number of fused-ring (bicyclic) bond motifs is 1. The molecule has 7 nitrogen and oxygen atoms in total. The van der Waals surface area contributed by atoms with Gasteiger partial charge < -0.3 is 9.64 Å². The van der Waals surface area contributed by atoms with E-state index in [2.05, 4.69) is 4.98 Å². The summed E-state index contributed by atoms with van der Waals surface area (Å²) in [5, 5.41) is 2.22. The van der Waals surface area contributed by atoms with Crippen molar-refractivity contribution in [1.29, 1.82) is 0 Å². The third kappa shape index (κ3) is 4.36. The molecule has 31 heavy (non-hydrogen) atoms. The van der Waals surface area contributed by atoms with Gasteiger partial charge in [-0.05, 0) is 37.5 Å². The minimum absolute atomic E-state index is 0.157. The first-order valence-electron chi connectivity index (χ1n) is 10.1. The number of ether oxygens (including phenoxy) is 1. The zero-order valence-corrected chi connectivity index (χ0v) is 17.9. The van der Waals surface area contributed by atoms with Crippen LogP contribution in [0.4, 0.5) is 4.39 Å². The topological polar surface area (TPSA) is 81.5 Å². The number of piperidine rings is 1. The maximum atomic E-state index is 13.3. The van der Waals surface area contributed by atoms with Gasteiger partial charge >= 0.3 is 5.97 Å². The molecule has 1 unspecified atom stereocenters. The number of thiophene rings is 1. The van der Waals surface area contributed by atoms with E-state index < -0.39 is 0 Å². The van der Waals surface area contributed by atoms with Gasteiger partial charge in [-0.15, -0.1) is 11.3 Å². The molecule has 4 rings (SSSR count). The molecule has 1 atom stereocenters. The van der Waals surface area contributed by atoms with Crippen molar-refractivity contribution < 1.29 is 18.7 Å². The summed E-state index contributed by atoms with van der Waals surface area (Å²) in [5.41, 5.74) is 1.06. The van der Waals surface area contributed by atoms with Gasteiger partial charge in [-0.25, -0.2) is 9.37 Å². The average Bonchev–Trinajstić information content (AvgIpc) is 3.21. The first-order chi connectivity index (χ1) is 15.0. The van der Waals surface area contributed by atoms with Gasteiger partial charge in [-0.2, -0.15) is 0 Å². The SMILES string of the molecule is CCOC(=O)C1CCCN(C(=O)Cn2cnc3scc(-c4ccc(F)cc4)c3c2=O)C1. The minimum Gasteiger partial charge on any atom is -0.466 e. The quantitative estimate of drug-likeness (QED) is 0.566. The summed E-state index contributed by atoms with van der Waals surface area (Å²) in [6, 6.07) is 5.91. The second kappa shape index (κ2) is 8.97. The lowest BCUT2D eigenvalue weighted by molar-refractivity contribution is -0.151. The Kier molecular flexibility index (Phi) is 6.13. The Labute approximate surface area is 182 Å². The third-order valence-corrected chi connectivity index (χ3v) is 6.30. The van der Waals surface area contributed by atoms with E-state index in [0.717, 1.165) is 0 Å². The summed E-state index contributed by atoms with van der Waals surface area (Å²) in [5.74, 6) is -1.22. The van der Waals surface area contributed by atoms with E-state index >= 15 is 0 Å². The van der Waals surface area contributed by atoms with Crippen LogP contribution in [0, 0.1) is 11.7 Å². The van der Waals surface area contributed by atoms with E-state index in [9.17, 15) is 18.8 Å². The van der Waals surface area contributed by atoms with Gasteiger partial charge in [0.2, 0.25) is 5.91 Å². The molecular formula is C22H22FN3O4S. The van der Waals surface area contributed by atoms with Crippen molar-refractivity contribution in [2.24, 2.45) is 5.92 Å². The van der Waals surface area contributed by atoms with E-state index in [-0.39, 0.29) is 35.7 Å². The molecule has 1 fully saturated rings. The second-order valence-corrected chi connectivity index (χ2v) is 8.30. The lowest BCUT2D eigenvalue weighted by Gasteiger charge is -2.31. The zero-order chi connectivity index (χ0) is 22.0. The fourth-order valence-corrected chi connectivity index (χ4v) is 4.73. The van der Waals surface area contributed by atoms with Gasteiger partial charge in [0.05, 0.1) is 24.2 Å². The van der Waals surface area contributed by atoms with Gasteiger partial charge in [-0.1, -0.05) is 12.1 Å². The van der Waals surface area contributed by atoms with E-state index in [0.29, 0.717) is 53.9 Å². The molecule has 3 heterocycles. The van der Waals surface area contributed by atoms with Crippen LogP contribution in [0.3, 0.4) is 0 Å². The Morgan fingerprint density at radius 3 is 2.81 bits per heavy atom. The minimum atomic E-state index is -0.355. The molecule has 0 aliphatic carbocycles. The molecule has 0 N–H and O–H groups in total. The van der Waals surface area contributed by atoms with Gasteiger partial charge in [0.1, 0.15) is 17.2 Å². The van der Waals surface area contributed by atoms with Crippen molar-refractivity contribution in [2.45, 2.75) is 26.3 Å². The summed E-state index contributed by atoms with van der Waals surface area (Å²) in [4.78, 5) is 44.5. The highest BCUT2D eigenvalue weighted by Gasteiger charge is 2.29. The number of carbonyl (C=O) groups excluding carboxylic acids is 2. The fraction of sp³-hybridized carbons (Fsp3) is 0.364. The zero-order valence-electron chi connectivity index (χ0n) is 17.0. The van der Waals surface area contributed by atoms with Crippen LogP contribution in [0.2, 0.25) is 0 Å². The van der Waals surface area contributed by atoms with Crippen LogP contribution < -0.4 is 5.56 Å². The molecule has 1 amide bonds. The van der Waals surface area contributed by atoms with Crippen molar-refractivity contribution in [3.8, 4) is 11.1 Å². The van der Waals surface area contributed by atoms with Gasteiger partial charge in [-0.3, -0.25) is 19.0 Å². The Bertz CT molecular complexity index is 1170. The molecule has 162 valence electrons. The van der Waals surface area contributed by atoms with Crippen molar-refractivity contribution in [1.82, 2.24) is 14.5 Å². The van der Waals surface area contributed by atoms with E-state index in [1.165, 1.54) is 34.4 Å². The Balaban J connectivity index is 1.57. The summed E-state index contributed by atoms with van der Waals surface area (Å²) in [6.45, 7) is 2.74. The van der Waals surface area contributed by atoms with E-state index in [1.54, 1.807) is 24.0 Å². The number of nitrogens with zero attached hydrogens (tertiary/aromatic N) is 3. The molecule has 1 aliphatic heterocycles. The monoisotopic (exact) mass is 443 g/mol. The average molecular weight is 444 g/mol. The van der Waals surface area contributed by atoms with Crippen LogP contribution in [-0.2, 0) is 20.9 Å². The number of rotatable bonds is 5. The van der Waals surface area contributed by atoms with Gasteiger partial charge in [0.15, 0.2) is 0 Å². The molecule has 0 saturated carbocycles. The predicted octanol–water partition coefficient (Wildman–Crippen LogP) is 3.07. The molecule has 9 heteroatoms. The molecule has 0 spiro atoms. The maximum Gasteiger partial charge on any atom is 0.310 e. The highest BCUT2D eigenvalue weighted by atomic mass is 32.1. The molecular weight excluding hydrogens is 421 g/mol. The van der Waals surface area contributed by atoms with Crippen LogP contribution >= 0.6 is 11.3 Å². The number of esters is 1. The van der Waals surface area contributed by atoms with Gasteiger partial charge in [0.25, 0.3) is 5.56 Å². The van der Waals surface area contributed by atoms with Crippen molar-refractivity contribution in [3.63, 3.8) is 0 Å². The molecule has 1 aliphatic rings. The molecule has 0 bridgehead atoms. The first kappa shape index (κ1) is 21.2. The Morgan fingerprint density at radius 1 is 1.29 bits per heavy atom. The number of amides is 1. The summed E-state index contributed by atoms with van der Waals surface area (Å²) < 4.78 is 19.7. The summed E-state index contributed by atoms with van der Waals surface area (Å²) in [7, 11) is 0. The van der Waals surface area contributed by atoms with Crippen LogP contribution in [0.5, 0.6) is 0 Å².